The normalized spacial score (nSPS) is 13.5. The summed E-state index contributed by atoms with van der Waals surface area (Å²) < 4.78 is 5.15. The minimum Gasteiger partial charge on any atom is -0.497 e. The van der Waals surface area contributed by atoms with Crippen LogP contribution in [0.25, 0.3) is 11.4 Å². The number of hydrogen-bond acceptors (Lipinski definition) is 7. The summed E-state index contributed by atoms with van der Waals surface area (Å²) in [6.45, 7) is 1.94. The van der Waals surface area contributed by atoms with E-state index in [0.29, 0.717) is 17.6 Å². The van der Waals surface area contributed by atoms with Crippen molar-refractivity contribution in [3.63, 3.8) is 0 Å². The van der Waals surface area contributed by atoms with Gasteiger partial charge in [0.2, 0.25) is 5.95 Å². The van der Waals surface area contributed by atoms with E-state index in [4.69, 9.17) is 16.3 Å². The highest BCUT2D eigenvalue weighted by Crippen LogP contribution is 2.21. The first-order valence-corrected chi connectivity index (χ1v) is 9.63. The fourth-order valence-corrected chi connectivity index (χ4v) is 3.25. The van der Waals surface area contributed by atoms with E-state index >= 15 is 0 Å². The number of nitrogens with one attached hydrogen (secondary N) is 2. The summed E-state index contributed by atoms with van der Waals surface area (Å²) in [6, 6.07) is 7.40. The van der Waals surface area contributed by atoms with Gasteiger partial charge in [-0.05, 0) is 37.1 Å². The number of methoxy groups -OCH3 is 1. The number of benzene rings is 1. The van der Waals surface area contributed by atoms with Crippen LogP contribution in [0, 0.1) is 0 Å². The standard InChI is InChI=1S/C19H20ClN7O2/c1-29-13-6-4-12(5-7-13)17-23-15(25-26-17)11-21-18(28)16-14(20)10-22-19(24-16)27-8-2-3-9-27/h4-7,10H,2-3,8-9,11H2,1H3,(H,21,28)(H,23,25,26). The number of anilines is 1. The molecule has 1 aliphatic heterocycles. The third-order valence-corrected chi connectivity index (χ3v) is 4.91. The fraction of sp³-hybridized carbons (Fsp3) is 0.316. The van der Waals surface area contributed by atoms with Crippen LogP contribution in [0.1, 0.15) is 29.2 Å². The Balaban J connectivity index is 1.42. The summed E-state index contributed by atoms with van der Waals surface area (Å²) in [4.78, 5) is 27.6. The van der Waals surface area contributed by atoms with Crippen molar-refractivity contribution in [3.05, 3.63) is 47.0 Å². The molecule has 1 saturated heterocycles. The molecule has 0 radical (unpaired) electrons. The van der Waals surface area contributed by atoms with Crippen molar-refractivity contribution in [1.29, 1.82) is 0 Å². The van der Waals surface area contributed by atoms with Crippen molar-refractivity contribution >= 4 is 23.5 Å². The van der Waals surface area contributed by atoms with E-state index in [1.165, 1.54) is 6.20 Å². The number of aromatic amines is 1. The van der Waals surface area contributed by atoms with Crippen molar-refractivity contribution in [2.24, 2.45) is 0 Å². The molecule has 1 aliphatic rings. The molecule has 29 heavy (non-hydrogen) atoms. The van der Waals surface area contributed by atoms with E-state index in [2.05, 4.69) is 30.5 Å². The van der Waals surface area contributed by atoms with Crippen molar-refractivity contribution in [2.75, 3.05) is 25.1 Å². The number of halogens is 1. The van der Waals surface area contributed by atoms with Crippen LogP contribution in [-0.2, 0) is 6.54 Å². The van der Waals surface area contributed by atoms with Crippen LogP contribution in [0.15, 0.2) is 30.5 Å². The molecule has 1 aromatic carbocycles. The first-order valence-electron chi connectivity index (χ1n) is 9.25. The molecule has 0 atom stereocenters. The Labute approximate surface area is 172 Å². The van der Waals surface area contributed by atoms with Crippen LogP contribution >= 0.6 is 11.6 Å². The van der Waals surface area contributed by atoms with Gasteiger partial charge in [-0.2, -0.15) is 5.10 Å². The number of carbonyl (C=O) groups excluding carboxylic acids is 1. The van der Waals surface area contributed by atoms with Gasteiger partial charge in [0, 0.05) is 18.7 Å². The second-order valence-electron chi connectivity index (χ2n) is 6.58. The van der Waals surface area contributed by atoms with Crippen molar-refractivity contribution in [2.45, 2.75) is 19.4 Å². The number of carbonyl (C=O) groups is 1. The van der Waals surface area contributed by atoms with E-state index in [1.807, 2.05) is 29.2 Å². The van der Waals surface area contributed by atoms with E-state index < -0.39 is 0 Å². The lowest BCUT2D eigenvalue weighted by Crippen LogP contribution is -2.27. The molecule has 9 nitrogen and oxygen atoms in total. The van der Waals surface area contributed by atoms with E-state index in [-0.39, 0.29) is 23.2 Å². The number of H-pyrrole nitrogens is 1. The van der Waals surface area contributed by atoms with Gasteiger partial charge < -0.3 is 15.0 Å². The van der Waals surface area contributed by atoms with Gasteiger partial charge in [0.15, 0.2) is 11.5 Å². The maximum atomic E-state index is 12.6. The second-order valence-corrected chi connectivity index (χ2v) is 6.98. The van der Waals surface area contributed by atoms with Gasteiger partial charge in [-0.1, -0.05) is 11.6 Å². The summed E-state index contributed by atoms with van der Waals surface area (Å²) in [7, 11) is 1.61. The Morgan fingerprint density at radius 2 is 2.00 bits per heavy atom. The highest BCUT2D eigenvalue weighted by atomic mass is 35.5. The van der Waals surface area contributed by atoms with E-state index in [9.17, 15) is 4.79 Å². The monoisotopic (exact) mass is 413 g/mol. The van der Waals surface area contributed by atoms with Crippen LogP contribution in [0.3, 0.4) is 0 Å². The summed E-state index contributed by atoms with van der Waals surface area (Å²) in [5, 5.41) is 10.0. The first-order chi connectivity index (χ1) is 14.1. The topological polar surface area (TPSA) is 109 Å². The predicted octanol–water partition coefficient (Wildman–Crippen LogP) is 2.45. The zero-order valence-electron chi connectivity index (χ0n) is 15.9. The minimum atomic E-state index is -0.389. The fourth-order valence-electron chi connectivity index (χ4n) is 3.08. The lowest BCUT2D eigenvalue weighted by molar-refractivity contribution is 0.0945. The van der Waals surface area contributed by atoms with Crippen molar-refractivity contribution < 1.29 is 9.53 Å². The molecule has 3 aromatic rings. The maximum Gasteiger partial charge on any atom is 0.272 e. The number of hydrogen-bond donors (Lipinski definition) is 2. The molecule has 1 amide bonds. The van der Waals surface area contributed by atoms with Gasteiger partial charge in [0.1, 0.15) is 11.6 Å². The van der Waals surface area contributed by atoms with E-state index in [0.717, 1.165) is 37.2 Å². The number of nitrogens with zero attached hydrogens (tertiary/aromatic N) is 5. The molecule has 0 saturated carbocycles. The predicted molar refractivity (Wildman–Crippen MR) is 108 cm³/mol. The Kier molecular flexibility index (Phi) is 5.57. The summed E-state index contributed by atoms with van der Waals surface area (Å²) in [5.74, 6) is 1.95. The molecule has 0 spiro atoms. The molecule has 10 heteroatoms. The Morgan fingerprint density at radius 1 is 1.24 bits per heavy atom. The molecule has 0 aliphatic carbocycles. The van der Waals surface area contributed by atoms with Gasteiger partial charge >= 0.3 is 0 Å². The highest BCUT2D eigenvalue weighted by Gasteiger charge is 2.20. The minimum absolute atomic E-state index is 0.151. The van der Waals surface area contributed by atoms with E-state index in [1.54, 1.807) is 7.11 Å². The Hall–Kier alpha value is -3.20. The van der Waals surface area contributed by atoms with Crippen molar-refractivity contribution in [1.82, 2.24) is 30.5 Å². The third-order valence-electron chi connectivity index (χ3n) is 4.63. The average Bonchev–Trinajstić information content (AvgIpc) is 3.45. The Morgan fingerprint density at radius 3 is 2.72 bits per heavy atom. The second kappa shape index (κ2) is 8.44. The SMILES string of the molecule is COc1ccc(-c2n[nH]c(CNC(=O)c3nc(N4CCCC4)ncc3Cl)n2)cc1. The van der Waals surface area contributed by atoms with Crippen LogP contribution < -0.4 is 15.0 Å². The lowest BCUT2D eigenvalue weighted by atomic mass is 10.2. The number of rotatable bonds is 6. The quantitative estimate of drug-likeness (QED) is 0.638. The first kappa shape index (κ1) is 19.1. The molecule has 3 heterocycles. The number of ether oxygens (including phenoxy) is 1. The number of aromatic nitrogens is 5. The van der Waals surface area contributed by atoms with Crippen LogP contribution in [0.2, 0.25) is 5.02 Å². The van der Waals surface area contributed by atoms with Crippen LogP contribution in [-0.4, -0.2) is 51.3 Å². The third kappa shape index (κ3) is 4.29. The zero-order valence-corrected chi connectivity index (χ0v) is 16.6. The summed E-state index contributed by atoms with van der Waals surface area (Å²) in [6.07, 6.45) is 3.65. The zero-order chi connectivity index (χ0) is 20.2. The van der Waals surface area contributed by atoms with Gasteiger partial charge in [-0.25, -0.2) is 15.0 Å². The number of amides is 1. The summed E-state index contributed by atoms with van der Waals surface area (Å²) in [5.41, 5.74) is 0.993. The molecule has 0 unspecified atom stereocenters. The molecular formula is C19H20ClN7O2. The molecule has 2 aromatic heterocycles. The van der Waals surface area contributed by atoms with Gasteiger partial charge in [0.05, 0.1) is 24.9 Å². The molecular weight excluding hydrogens is 394 g/mol. The Bertz CT molecular complexity index is 1000. The molecule has 4 rings (SSSR count). The molecule has 150 valence electrons. The van der Waals surface area contributed by atoms with Crippen molar-refractivity contribution in [3.8, 4) is 17.1 Å². The van der Waals surface area contributed by atoms with Gasteiger partial charge in [-0.15, -0.1) is 0 Å². The lowest BCUT2D eigenvalue weighted by Gasteiger charge is -2.15. The highest BCUT2D eigenvalue weighted by molar-refractivity contribution is 6.33. The van der Waals surface area contributed by atoms with Crippen LogP contribution in [0.4, 0.5) is 5.95 Å². The molecule has 0 bridgehead atoms. The largest absolute Gasteiger partial charge is 0.497 e. The van der Waals surface area contributed by atoms with Crippen LogP contribution in [0.5, 0.6) is 5.75 Å². The molecule has 1 fully saturated rings. The maximum absolute atomic E-state index is 12.6. The molecule has 2 N–H and O–H groups in total. The smallest absolute Gasteiger partial charge is 0.272 e. The summed E-state index contributed by atoms with van der Waals surface area (Å²) >= 11 is 6.14. The van der Waals surface area contributed by atoms with Gasteiger partial charge in [-0.3, -0.25) is 9.89 Å². The van der Waals surface area contributed by atoms with Gasteiger partial charge in [0.25, 0.3) is 5.91 Å². The average molecular weight is 414 g/mol.